The highest BCUT2D eigenvalue weighted by Crippen LogP contribution is 2.28. The molecule has 3 N–H and O–H groups in total. The van der Waals surface area contributed by atoms with Crippen molar-refractivity contribution in [3.05, 3.63) is 23.2 Å². The van der Waals surface area contributed by atoms with E-state index in [1.165, 1.54) is 0 Å². The molecule has 1 aromatic carbocycles. The van der Waals surface area contributed by atoms with E-state index in [0.717, 1.165) is 0 Å². The number of hydrogen-bond acceptors (Lipinski definition) is 3. The van der Waals surface area contributed by atoms with E-state index in [1.54, 1.807) is 18.2 Å². The van der Waals surface area contributed by atoms with E-state index in [4.69, 9.17) is 22.1 Å². The molecule has 0 aromatic heterocycles. The molecule has 0 aliphatic rings. The Morgan fingerprint density at radius 2 is 2.28 bits per heavy atom. The quantitative estimate of drug-likeness (QED) is 0.835. The summed E-state index contributed by atoms with van der Waals surface area (Å²) in [6.45, 7) is 4.75. The number of carbonyl (C=O) groups is 1. The minimum atomic E-state index is -0.136. The van der Waals surface area contributed by atoms with Crippen LogP contribution in [-0.4, -0.2) is 19.1 Å². The molecule has 0 aliphatic heterocycles. The van der Waals surface area contributed by atoms with Crippen molar-refractivity contribution >= 4 is 23.2 Å². The first-order chi connectivity index (χ1) is 8.58. The number of nitrogens with one attached hydrogen (secondary N) is 1. The van der Waals surface area contributed by atoms with Gasteiger partial charge < -0.3 is 15.8 Å². The molecule has 1 atom stereocenters. The van der Waals surface area contributed by atoms with Crippen LogP contribution in [0.15, 0.2) is 18.2 Å². The van der Waals surface area contributed by atoms with Crippen molar-refractivity contribution in [2.24, 2.45) is 11.7 Å². The molecule has 0 saturated heterocycles. The number of anilines is 1. The van der Waals surface area contributed by atoms with Crippen LogP contribution in [0.1, 0.15) is 20.3 Å². The number of ether oxygens (including phenoxy) is 1. The Bertz CT molecular complexity index is 410. The second-order valence-corrected chi connectivity index (χ2v) is 4.48. The Kier molecular flexibility index (Phi) is 5.95. The van der Waals surface area contributed by atoms with Crippen LogP contribution in [0.2, 0.25) is 5.02 Å². The molecule has 1 unspecified atom stereocenters. The highest BCUT2D eigenvalue weighted by atomic mass is 35.5. The third-order valence-corrected chi connectivity index (χ3v) is 2.78. The van der Waals surface area contributed by atoms with Gasteiger partial charge in [0.1, 0.15) is 5.75 Å². The van der Waals surface area contributed by atoms with E-state index in [1.807, 2.05) is 13.8 Å². The zero-order valence-electron chi connectivity index (χ0n) is 10.7. The predicted molar refractivity (Wildman–Crippen MR) is 74.1 cm³/mol. The number of rotatable bonds is 6. The number of halogens is 1. The maximum Gasteiger partial charge on any atom is 0.227 e. The number of carbonyl (C=O) groups excluding carboxylic acids is 1. The average Bonchev–Trinajstić information content (AvgIpc) is 2.33. The number of nitrogens with two attached hydrogens (primary N) is 1. The standard InChI is InChI=1S/C13H19ClN2O2/c1-3-18-12-5-4-10(14)8-11(12)16-13(17)9(2)6-7-15/h4-5,8-9H,3,6-7,15H2,1-2H3,(H,16,17). The third-order valence-electron chi connectivity index (χ3n) is 2.55. The summed E-state index contributed by atoms with van der Waals surface area (Å²) in [6.07, 6.45) is 0.649. The second-order valence-electron chi connectivity index (χ2n) is 4.04. The molecule has 100 valence electrons. The van der Waals surface area contributed by atoms with Gasteiger partial charge in [0, 0.05) is 10.9 Å². The molecule has 0 radical (unpaired) electrons. The Morgan fingerprint density at radius 3 is 2.89 bits per heavy atom. The Balaban J connectivity index is 2.81. The van der Waals surface area contributed by atoms with Crippen LogP contribution in [0.25, 0.3) is 0 Å². The summed E-state index contributed by atoms with van der Waals surface area (Å²) in [5.74, 6) is 0.405. The zero-order valence-corrected chi connectivity index (χ0v) is 11.5. The lowest BCUT2D eigenvalue weighted by molar-refractivity contribution is -0.119. The van der Waals surface area contributed by atoms with Crippen LogP contribution in [0.4, 0.5) is 5.69 Å². The summed E-state index contributed by atoms with van der Waals surface area (Å²) in [5.41, 5.74) is 6.03. The van der Waals surface area contributed by atoms with Gasteiger partial charge in [0.15, 0.2) is 0 Å². The van der Waals surface area contributed by atoms with Crippen LogP contribution in [-0.2, 0) is 4.79 Å². The predicted octanol–water partition coefficient (Wildman–Crippen LogP) is 2.66. The summed E-state index contributed by atoms with van der Waals surface area (Å²) >= 11 is 5.91. The average molecular weight is 271 g/mol. The number of benzene rings is 1. The first-order valence-electron chi connectivity index (χ1n) is 6.01. The molecular weight excluding hydrogens is 252 g/mol. The van der Waals surface area contributed by atoms with Crippen LogP contribution in [0.5, 0.6) is 5.75 Å². The largest absolute Gasteiger partial charge is 0.492 e. The van der Waals surface area contributed by atoms with Crippen molar-refractivity contribution in [2.75, 3.05) is 18.5 Å². The Labute approximate surface area is 112 Å². The van der Waals surface area contributed by atoms with E-state index in [9.17, 15) is 4.79 Å². The van der Waals surface area contributed by atoms with Gasteiger partial charge in [0.2, 0.25) is 5.91 Å². The van der Waals surface area contributed by atoms with E-state index in [2.05, 4.69) is 5.32 Å². The van der Waals surface area contributed by atoms with Crippen LogP contribution in [0.3, 0.4) is 0 Å². The fraction of sp³-hybridized carbons (Fsp3) is 0.462. The molecule has 0 heterocycles. The minimum Gasteiger partial charge on any atom is -0.492 e. The minimum absolute atomic E-state index is 0.0799. The highest BCUT2D eigenvalue weighted by molar-refractivity contribution is 6.31. The van der Waals surface area contributed by atoms with Gasteiger partial charge in [-0.1, -0.05) is 18.5 Å². The number of hydrogen-bond donors (Lipinski definition) is 2. The van der Waals surface area contributed by atoms with Crippen molar-refractivity contribution < 1.29 is 9.53 Å². The molecular formula is C13H19ClN2O2. The number of amides is 1. The third kappa shape index (κ3) is 4.20. The normalized spacial score (nSPS) is 12.0. The molecule has 0 spiro atoms. The maximum atomic E-state index is 11.9. The monoisotopic (exact) mass is 270 g/mol. The van der Waals surface area contributed by atoms with Gasteiger partial charge in [0.05, 0.1) is 12.3 Å². The van der Waals surface area contributed by atoms with Crippen molar-refractivity contribution in [3.63, 3.8) is 0 Å². The van der Waals surface area contributed by atoms with Crippen molar-refractivity contribution in [3.8, 4) is 5.75 Å². The lowest BCUT2D eigenvalue weighted by atomic mass is 10.1. The molecule has 0 fully saturated rings. The van der Waals surface area contributed by atoms with Crippen molar-refractivity contribution in [1.29, 1.82) is 0 Å². The molecule has 1 amide bonds. The smallest absolute Gasteiger partial charge is 0.227 e. The highest BCUT2D eigenvalue weighted by Gasteiger charge is 2.14. The topological polar surface area (TPSA) is 64.3 Å². The fourth-order valence-corrected chi connectivity index (χ4v) is 1.69. The first-order valence-corrected chi connectivity index (χ1v) is 6.39. The van der Waals surface area contributed by atoms with Crippen molar-refractivity contribution in [2.45, 2.75) is 20.3 Å². The summed E-state index contributed by atoms with van der Waals surface area (Å²) in [5, 5.41) is 3.37. The van der Waals surface area contributed by atoms with E-state index in [0.29, 0.717) is 36.0 Å². The Morgan fingerprint density at radius 1 is 1.56 bits per heavy atom. The van der Waals surface area contributed by atoms with Gasteiger partial charge in [-0.15, -0.1) is 0 Å². The van der Waals surface area contributed by atoms with Crippen LogP contribution < -0.4 is 15.8 Å². The Hall–Kier alpha value is -1.26. The van der Waals surface area contributed by atoms with Gasteiger partial charge in [-0.2, -0.15) is 0 Å². The van der Waals surface area contributed by atoms with Gasteiger partial charge in [-0.3, -0.25) is 4.79 Å². The molecule has 0 bridgehead atoms. The molecule has 0 saturated carbocycles. The van der Waals surface area contributed by atoms with E-state index < -0.39 is 0 Å². The van der Waals surface area contributed by atoms with Gasteiger partial charge in [-0.05, 0) is 38.1 Å². The molecule has 1 aromatic rings. The molecule has 18 heavy (non-hydrogen) atoms. The molecule has 4 nitrogen and oxygen atoms in total. The van der Waals surface area contributed by atoms with Crippen molar-refractivity contribution in [1.82, 2.24) is 0 Å². The summed E-state index contributed by atoms with van der Waals surface area (Å²) in [4.78, 5) is 11.9. The molecule has 1 rings (SSSR count). The molecule has 5 heteroatoms. The zero-order chi connectivity index (χ0) is 13.5. The van der Waals surface area contributed by atoms with Gasteiger partial charge >= 0.3 is 0 Å². The van der Waals surface area contributed by atoms with Gasteiger partial charge in [0.25, 0.3) is 0 Å². The second kappa shape index (κ2) is 7.24. The summed E-state index contributed by atoms with van der Waals surface area (Å²) < 4.78 is 5.43. The van der Waals surface area contributed by atoms with Crippen LogP contribution in [0, 0.1) is 5.92 Å². The SMILES string of the molecule is CCOc1ccc(Cl)cc1NC(=O)C(C)CCN. The summed E-state index contributed by atoms with van der Waals surface area (Å²) in [6, 6.07) is 5.15. The van der Waals surface area contributed by atoms with E-state index in [-0.39, 0.29) is 11.8 Å². The lowest BCUT2D eigenvalue weighted by Gasteiger charge is -2.14. The summed E-state index contributed by atoms with van der Waals surface area (Å²) in [7, 11) is 0. The fourth-order valence-electron chi connectivity index (χ4n) is 1.52. The first kappa shape index (κ1) is 14.8. The van der Waals surface area contributed by atoms with E-state index >= 15 is 0 Å². The van der Waals surface area contributed by atoms with Gasteiger partial charge in [-0.25, -0.2) is 0 Å². The molecule has 0 aliphatic carbocycles. The maximum absolute atomic E-state index is 11.9. The lowest BCUT2D eigenvalue weighted by Crippen LogP contribution is -2.23. The van der Waals surface area contributed by atoms with Crippen LogP contribution >= 0.6 is 11.6 Å².